The SMILES string of the molecule is Cn1c(CN2CCCC2)nnc1[C@@H]1CCCN(c2ncnc3[nH]ccc23)C1. The molecule has 2 fully saturated rings. The molecule has 5 rings (SSSR count). The standard InChI is InChI=1S/C19H26N8/c1-25-16(12-26-8-2-3-9-26)23-24-18(25)14-5-4-10-27(11-14)19-15-6-7-20-17(15)21-13-22-19/h6-7,13-14H,2-5,8-12H2,1H3,(H,20,21,22)/t14-/m1/s1. The van der Waals surface area contributed by atoms with Crippen LogP contribution in [0.5, 0.6) is 0 Å². The molecule has 3 aromatic heterocycles. The molecule has 3 aromatic rings. The molecule has 0 unspecified atom stereocenters. The number of H-pyrrole nitrogens is 1. The molecule has 1 atom stereocenters. The summed E-state index contributed by atoms with van der Waals surface area (Å²) >= 11 is 0. The van der Waals surface area contributed by atoms with Gasteiger partial charge in [0.1, 0.15) is 29.4 Å². The smallest absolute Gasteiger partial charge is 0.146 e. The molecule has 0 bridgehead atoms. The highest BCUT2D eigenvalue weighted by molar-refractivity contribution is 5.87. The van der Waals surface area contributed by atoms with E-state index in [9.17, 15) is 0 Å². The third kappa shape index (κ3) is 3.07. The van der Waals surface area contributed by atoms with E-state index in [1.54, 1.807) is 6.33 Å². The first-order valence-corrected chi connectivity index (χ1v) is 9.93. The lowest BCUT2D eigenvalue weighted by Crippen LogP contribution is -2.36. The summed E-state index contributed by atoms with van der Waals surface area (Å²) in [6, 6.07) is 2.06. The summed E-state index contributed by atoms with van der Waals surface area (Å²) < 4.78 is 2.22. The predicted molar refractivity (Wildman–Crippen MR) is 104 cm³/mol. The second kappa shape index (κ2) is 6.92. The fourth-order valence-corrected chi connectivity index (χ4v) is 4.50. The molecule has 0 spiro atoms. The summed E-state index contributed by atoms with van der Waals surface area (Å²) in [4.78, 5) is 16.9. The number of nitrogens with one attached hydrogen (secondary N) is 1. The molecule has 142 valence electrons. The summed E-state index contributed by atoms with van der Waals surface area (Å²) in [7, 11) is 2.12. The maximum atomic E-state index is 4.58. The summed E-state index contributed by atoms with van der Waals surface area (Å²) in [6.07, 6.45) is 8.46. The number of likely N-dealkylation sites (tertiary alicyclic amines) is 1. The van der Waals surface area contributed by atoms with Crippen LogP contribution in [0.15, 0.2) is 18.6 Å². The number of aromatic nitrogens is 6. The Kier molecular flexibility index (Phi) is 4.27. The molecule has 8 nitrogen and oxygen atoms in total. The first kappa shape index (κ1) is 16.7. The van der Waals surface area contributed by atoms with Crippen molar-refractivity contribution >= 4 is 16.9 Å². The number of hydrogen-bond donors (Lipinski definition) is 1. The molecule has 0 saturated carbocycles. The number of anilines is 1. The fourth-order valence-electron chi connectivity index (χ4n) is 4.50. The van der Waals surface area contributed by atoms with Crippen molar-refractivity contribution in [3.63, 3.8) is 0 Å². The summed E-state index contributed by atoms with van der Waals surface area (Å²) in [5.74, 6) is 3.59. The van der Waals surface area contributed by atoms with Gasteiger partial charge < -0.3 is 14.5 Å². The van der Waals surface area contributed by atoms with Crippen LogP contribution in [0.4, 0.5) is 5.82 Å². The molecule has 2 aliphatic rings. The van der Waals surface area contributed by atoms with Gasteiger partial charge in [-0.25, -0.2) is 9.97 Å². The zero-order valence-electron chi connectivity index (χ0n) is 15.8. The van der Waals surface area contributed by atoms with Gasteiger partial charge in [0.05, 0.1) is 11.9 Å². The van der Waals surface area contributed by atoms with Crippen molar-refractivity contribution in [1.29, 1.82) is 0 Å². The third-order valence-corrected chi connectivity index (χ3v) is 5.98. The van der Waals surface area contributed by atoms with Gasteiger partial charge in [-0.1, -0.05) is 0 Å². The Morgan fingerprint density at radius 2 is 2.00 bits per heavy atom. The van der Waals surface area contributed by atoms with Gasteiger partial charge in [-0.3, -0.25) is 4.90 Å². The van der Waals surface area contributed by atoms with Crippen LogP contribution in [0.3, 0.4) is 0 Å². The topological polar surface area (TPSA) is 78.8 Å². The third-order valence-electron chi connectivity index (χ3n) is 5.98. The number of hydrogen-bond acceptors (Lipinski definition) is 6. The molecule has 0 radical (unpaired) electrons. The second-order valence-corrected chi connectivity index (χ2v) is 7.74. The summed E-state index contributed by atoms with van der Waals surface area (Å²) in [5.41, 5.74) is 0.897. The average Bonchev–Trinajstić information content (AvgIpc) is 3.44. The van der Waals surface area contributed by atoms with E-state index in [0.29, 0.717) is 5.92 Å². The van der Waals surface area contributed by atoms with E-state index in [4.69, 9.17) is 0 Å². The van der Waals surface area contributed by atoms with Crippen molar-refractivity contribution in [2.75, 3.05) is 31.1 Å². The van der Waals surface area contributed by atoms with E-state index in [2.05, 4.69) is 52.6 Å². The molecule has 2 aliphatic heterocycles. The molecule has 27 heavy (non-hydrogen) atoms. The van der Waals surface area contributed by atoms with Crippen molar-refractivity contribution in [2.24, 2.45) is 7.05 Å². The van der Waals surface area contributed by atoms with Crippen LogP contribution in [0, 0.1) is 0 Å². The average molecular weight is 366 g/mol. The van der Waals surface area contributed by atoms with Gasteiger partial charge in [0, 0.05) is 32.3 Å². The molecule has 2 saturated heterocycles. The van der Waals surface area contributed by atoms with E-state index < -0.39 is 0 Å². The lowest BCUT2D eigenvalue weighted by Gasteiger charge is -2.33. The van der Waals surface area contributed by atoms with Crippen molar-refractivity contribution in [3.8, 4) is 0 Å². The maximum absolute atomic E-state index is 4.58. The number of nitrogens with zero attached hydrogens (tertiary/aromatic N) is 7. The first-order valence-electron chi connectivity index (χ1n) is 9.93. The molecule has 0 aliphatic carbocycles. The number of fused-ring (bicyclic) bond motifs is 1. The van der Waals surface area contributed by atoms with Crippen LogP contribution in [0.2, 0.25) is 0 Å². The van der Waals surface area contributed by atoms with Gasteiger partial charge in [-0.15, -0.1) is 10.2 Å². The van der Waals surface area contributed by atoms with Crippen molar-refractivity contribution in [2.45, 2.75) is 38.1 Å². The van der Waals surface area contributed by atoms with Gasteiger partial charge in [-0.05, 0) is 44.8 Å². The Morgan fingerprint density at radius 1 is 1.11 bits per heavy atom. The molecule has 1 N–H and O–H groups in total. The van der Waals surface area contributed by atoms with Crippen molar-refractivity contribution < 1.29 is 0 Å². The van der Waals surface area contributed by atoms with Crippen LogP contribution in [-0.2, 0) is 13.6 Å². The first-order chi connectivity index (χ1) is 13.3. The molecule has 5 heterocycles. The van der Waals surface area contributed by atoms with Crippen LogP contribution < -0.4 is 4.90 Å². The largest absolute Gasteiger partial charge is 0.355 e. The van der Waals surface area contributed by atoms with E-state index >= 15 is 0 Å². The molecule has 8 heteroatoms. The van der Waals surface area contributed by atoms with Gasteiger partial charge in [-0.2, -0.15) is 0 Å². The summed E-state index contributed by atoms with van der Waals surface area (Å²) in [5, 5.41) is 10.2. The Hall–Kier alpha value is -2.48. The Morgan fingerprint density at radius 3 is 2.89 bits per heavy atom. The number of rotatable bonds is 4. The van der Waals surface area contributed by atoms with Gasteiger partial charge in [0.25, 0.3) is 0 Å². The van der Waals surface area contributed by atoms with E-state index in [-0.39, 0.29) is 0 Å². The Bertz CT molecular complexity index is 923. The van der Waals surface area contributed by atoms with Crippen LogP contribution in [-0.4, -0.2) is 60.8 Å². The Labute approximate surface area is 158 Å². The molecule has 0 aromatic carbocycles. The van der Waals surface area contributed by atoms with Crippen molar-refractivity contribution in [3.05, 3.63) is 30.2 Å². The second-order valence-electron chi connectivity index (χ2n) is 7.74. The molecular formula is C19H26N8. The maximum Gasteiger partial charge on any atom is 0.146 e. The quantitative estimate of drug-likeness (QED) is 0.761. The van der Waals surface area contributed by atoms with Crippen LogP contribution in [0.25, 0.3) is 11.0 Å². The minimum atomic E-state index is 0.382. The number of aromatic amines is 1. The zero-order valence-corrected chi connectivity index (χ0v) is 15.8. The zero-order chi connectivity index (χ0) is 18.2. The van der Waals surface area contributed by atoms with E-state index in [1.807, 2.05) is 6.20 Å². The molecule has 0 amide bonds. The van der Waals surface area contributed by atoms with Gasteiger partial charge in [0.2, 0.25) is 0 Å². The van der Waals surface area contributed by atoms with Crippen LogP contribution in [0.1, 0.15) is 43.3 Å². The van der Waals surface area contributed by atoms with Crippen molar-refractivity contribution in [1.82, 2.24) is 34.6 Å². The van der Waals surface area contributed by atoms with Gasteiger partial charge in [0.15, 0.2) is 0 Å². The normalized spacial score (nSPS) is 21.4. The highest BCUT2D eigenvalue weighted by Gasteiger charge is 2.28. The van der Waals surface area contributed by atoms with E-state index in [1.165, 1.54) is 25.9 Å². The summed E-state index contributed by atoms with van der Waals surface area (Å²) in [6.45, 7) is 5.22. The predicted octanol–water partition coefficient (Wildman–Crippen LogP) is 2.07. The Balaban J connectivity index is 1.37. The minimum absolute atomic E-state index is 0.382. The lowest BCUT2D eigenvalue weighted by molar-refractivity contribution is 0.317. The monoisotopic (exact) mass is 366 g/mol. The van der Waals surface area contributed by atoms with Crippen LogP contribution >= 0.6 is 0 Å². The highest BCUT2D eigenvalue weighted by atomic mass is 15.3. The fraction of sp³-hybridized carbons (Fsp3) is 0.579. The van der Waals surface area contributed by atoms with E-state index in [0.717, 1.165) is 61.0 Å². The number of piperidine rings is 1. The van der Waals surface area contributed by atoms with Gasteiger partial charge >= 0.3 is 0 Å². The molecular weight excluding hydrogens is 340 g/mol. The lowest BCUT2D eigenvalue weighted by atomic mass is 9.97. The highest BCUT2D eigenvalue weighted by Crippen LogP contribution is 2.31. The minimum Gasteiger partial charge on any atom is -0.355 e.